The van der Waals surface area contributed by atoms with Crippen LogP contribution in [0.15, 0.2) is 23.6 Å². The Labute approximate surface area is 155 Å². The van der Waals surface area contributed by atoms with E-state index in [0.717, 1.165) is 16.3 Å². The van der Waals surface area contributed by atoms with Crippen molar-refractivity contribution in [2.24, 2.45) is 0 Å². The van der Waals surface area contributed by atoms with Gasteiger partial charge in [0.25, 0.3) is 5.91 Å². The summed E-state index contributed by atoms with van der Waals surface area (Å²) < 4.78 is 15.6. The summed E-state index contributed by atoms with van der Waals surface area (Å²) in [5.74, 6) is -0.226. The van der Waals surface area contributed by atoms with Crippen molar-refractivity contribution >= 4 is 28.9 Å². The second-order valence-corrected chi connectivity index (χ2v) is 6.89. The van der Waals surface area contributed by atoms with Crippen LogP contribution >= 0.6 is 11.3 Å². The maximum atomic E-state index is 12.6. The largest absolute Gasteiger partial charge is 0.479 e. The molecule has 2 aromatic rings. The summed E-state index contributed by atoms with van der Waals surface area (Å²) >= 11 is 1.55. The van der Waals surface area contributed by atoms with E-state index in [-0.39, 0.29) is 19.1 Å². The number of benzene rings is 1. The fourth-order valence-corrected chi connectivity index (χ4v) is 3.26. The lowest BCUT2D eigenvalue weighted by Gasteiger charge is -2.32. The topological polar surface area (TPSA) is 78.0 Å². The Morgan fingerprint density at radius 3 is 2.88 bits per heavy atom. The number of carbonyl (C=O) groups is 2. The van der Waals surface area contributed by atoms with Crippen LogP contribution in [0.4, 0.5) is 5.69 Å². The molecule has 138 valence electrons. The Balaban J connectivity index is 1.87. The first-order valence-electron chi connectivity index (χ1n) is 8.18. The van der Waals surface area contributed by atoms with Crippen molar-refractivity contribution in [3.8, 4) is 17.0 Å². The van der Waals surface area contributed by atoms with Gasteiger partial charge in [-0.15, -0.1) is 11.3 Å². The fraction of sp³-hybridized carbons (Fsp3) is 0.389. The van der Waals surface area contributed by atoms with Crippen LogP contribution in [0.2, 0.25) is 0 Å². The number of hydrogen-bond acceptors (Lipinski definition) is 7. The molecule has 0 saturated heterocycles. The van der Waals surface area contributed by atoms with Crippen LogP contribution in [0.3, 0.4) is 0 Å². The summed E-state index contributed by atoms with van der Waals surface area (Å²) in [6.45, 7) is 3.87. The van der Waals surface area contributed by atoms with E-state index >= 15 is 0 Å². The van der Waals surface area contributed by atoms with Gasteiger partial charge in [0.1, 0.15) is 18.9 Å². The molecule has 26 heavy (non-hydrogen) atoms. The van der Waals surface area contributed by atoms with Gasteiger partial charge in [-0.05, 0) is 32.0 Å². The molecule has 3 rings (SSSR count). The van der Waals surface area contributed by atoms with Gasteiger partial charge in [0.15, 0.2) is 6.10 Å². The minimum atomic E-state index is -0.665. The maximum absolute atomic E-state index is 12.6. The van der Waals surface area contributed by atoms with Crippen LogP contribution in [-0.4, -0.2) is 49.8 Å². The molecule has 1 aromatic heterocycles. The molecule has 0 saturated carbocycles. The quantitative estimate of drug-likeness (QED) is 0.569. The molecule has 1 amide bonds. The first kappa shape index (κ1) is 18.3. The standard InChI is InChI=1S/C18H20N2O5S/c1-11-18(22)20(9-17(21)24-7-6-23-3)15-8-13(4-5-16(15)25-11)14-10-26-12(2)19-14/h4-5,8,10-11H,6-7,9H2,1-3H3. The summed E-state index contributed by atoms with van der Waals surface area (Å²) in [7, 11) is 1.53. The third-order valence-electron chi connectivity index (χ3n) is 3.92. The number of nitrogens with zero attached hydrogens (tertiary/aromatic N) is 2. The van der Waals surface area contributed by atoms with Crippen LogP contribution in [0.5, 0.6) is 5.75 Å². The number of fused-ring (bicyclic) bond motifs is 1. The number of esters is 1. The van der Waals surface area contributed by atoms with Crippen molar-refractivity contribution in [3.05, 3.63) is 28.6 Å². The lowest BCUT2D eigenvalue weighted by molar-refractivity contribution is -0.144. The molecule has 0 bridgehead atoms. The van der Waals surface area contributed by atoms with Crippen molar-refractivity contribution in [1.82, 2.24) is 4.98 Å². The predicted octanol–water partition coefficient (Wildman–Crippen LogP) is 2.42. The van der Waals surface area contributed by atoms with Gasteiger partial charge in [0.2, 0.25) is 0 Å². The SMILES string of the molecule is COCCOC(=O)CN1C(=O)C(C)Oc2ccc(-c3csc(C)n3)cc21. The minimum absolute atomic E-state index is 0.147. The molecular formula is C18H20N2O5S. The molecule has 8 heteroatoms. The van der Waals surface area contributed by atoms with E-state index < -0.39 is 12.1 Å². The molecule has 1 aromatic carbocycles. The summed E-state index contributed by atoms with van der Waals surface area (Å²) in [5, 5.41) is 2.91. The number of amides is 1. The van der Waals surface area contributed by atoms with Crippen molar-refractivity contribution in [1.29, 1.82) is 0 Å². The van der Waals surface area contributed by atoms with Gasteiger partial charge < -0.3 is 14.2 Å². The summed E-state index contributed by atoms with van der Waals surface area (Å²) in [6, 6.07) is 5.51. The molecule has 1 unspecified atom stereocenters. The first-order chi connectivity index (χ1) is 12.5. The lowest BCUT2D eigenvalue weighted by Crippen LogP contribution is -2.47. The van der Waals surface area contributed by atoms with Gasteiger partial charge in [-0.2, -0.15) is 0 Å². The highest BCUT2D eigenvalue weighted by Gasteiger charge is 2.33. The van der Waals surface area contributed by atoms with Crippen molar-refractivity contribution in [2.45, 2.75) is 20.0 Å². The molecule has 1 aliphatic heterocycles. The van der Waals surface area contributed by atoms with Gasteiger partial charge in [-0.3, -0.25) is 14.5 Å². The molecule has 1 aliphatic rings. The number of anilines is 1. The smallest absolute Gasteiger partial charge is 0.326 e. The molecule has 2 heterocycles. The Bertz CT molecular complexity index is 820. The molecule has 0 N–H and O–H groups in total. The van der Waals surface area contributed by atoms with Crippen molar-refractivity contribution in [2.75, 3.05) is 31.8 Å². The van der Waals surface area contributed by atoms with Crippen LogP contribution in [0.1, 0.15) is 11.9 Å². The zero-order chi connectivity index (χ0) is 18.7. The van der Waals surface area contributed by atoms with E-state index in [0.29, 0.717) is 18.0 Å². The van der Waals surface area contributed by atoms with Crippen LogP contribution in [-0.2, 0) is 19.1 Å². The summed E-state index contributed by atoms with van der Waals surface area (Å²) in [6.07, 6.45) is -0.665. The Morgan fingerprint density at radius 1 is 1.38 bits per heavy atom. The van der Waals surface area contributed by atoms with E-state index in [1.165, 1.54) is 12.0 Å². The highest BCUT2D eigenvalue weighted by molar-refractivity contribution is 7.09. The Kier molecular flexibility index (Phi) is 5.53. The number of carbonyl (C=O) groups excluding carboxylic acids is 2. The average Bonchev–Trinajstić information content (AvgIpc) is 3.05. The number of aromatic nitrogens is 1. The minimum Gasteiger partial charge on any atom is -0.479 e. The molecule has 0 radical (unpaired) electrons. The second kappa shape index (κ2) is 7.84. The zero-order valence-electron chi connectivity index (χ0n) is 14.9. The van der Waals surface area contributed by atoms with Crippen LogP contribution in [0.25, 0.3) is 11.3 Å². The van der Waals surface area contributed by atoms with E-state index in [2.05, 4.69) is 4.98 Å². The van der Waals surface area contributed by atoms with Crippen molar-refractivity contribution < 1.29 is 23.8 Å². The molecule has 0 aliphatic carbocycles. The Morgan fingerprint density at radius 2 is 2.19 bits per heavy atom. The number of hydrogen-bond donors (Lipinski definition) is 0. The molecule has 1 atom stereocenters. The van der Waals surface area contributed by atoms with E-state index in [1.54, 1.807) is 24.3 Å². The maximum Gasteiger partial charge on any atom is 0.326 e. The van der Waals surface area contributed by atoms with Crippen LogP contribution < -0.4 is 9.64 Å². The highest BCUT2D eigenvalue weighted by atomic mass is 32.1. The fourth-order valence-electron chi connectivity index (χ4n) is 2.64. The zero-order valence-corrected chi connectivity index (χ0v) is 15.7. The first-order valence-corrected chi connectivity index (χ1v) is 9.06. The molecular weight excluding hydrogens is 356 g/mol. The number of ether oxygens (including phenoxy) is 3. The van der Waals surface area contributed by atoms with E-state index in [1.807, 2.05) is 24.4 Å². The average molecular weight is 376 g/mol. The normalized spacial score (nSPS) is 16.2. The molecule has 0 spiro atoms. The number of thiazole rings is 1. The number of rotatable bonds is 6. The number of aryl methyl sites for hydroxylation is 1. The summed E-state index contributed by atoms with van der Waals surface area (Å²) in [5.41, 5.74) is 2.22. The molecule has 0 fully saturated rings. The van der Waals surface area contributed by atoms with Gasteiger partial charge in [-0.25, -0.2) is 4.98 Å². The molecule has 7 nitrogen and oxygen atoms in total. The van der Waals surface area contributed by atoms with Crippen molar-refractivity contribution in [3.63, 3.8) is 0 Å². The van der Waals surface area contributed by atoms with Gasteiger partial charge >= 0.3 is 5.97 Å². The monoisotopic (exact) mass is 376 g/mol. The lowest BCUT2D eigenvalue weighted by atomic mass is 10.1. The van der Waals surface area contributed by atoms with Crippen LogP contribution in [0, 0.1) is 6.92 Å². The van der Waals surface area contributed by atoms with E-state index in [4.69, 9.17) is 14.2 Å². The third kappa shape index (κ3) is 3.86. The predicted molar refractivity (Wildman–Crippen MR) is 97.6 cm³/mol. The van der Waals surface area contributed by atoms with Gasteiger partial charge in [0, 0.05) is 18.1 Å². The number of methoxy groups -OCH3 is 1. The second-order valence-electron chi connectivity index (χ2n) is 5.83. The third-order valence-corrected chi connectivity index (χ3v) is 4.69. The van der Waals surface area contributed by atoms with E-state index in [9.17, 15) is 9.59 Å². The summed E-state index contributed by atoms with van der Waals surface area (Å²) in [4.78, 5) is 30.5. The Hall–Kier alpha value is -2.45. The van der Waals surface area contributed by atoms with Gasteiger partial charge in [-0.1, -0.05) is 0 Å². The highest BCUT2D eigenvalue weighted by Crippen LogP contribution is 2.37. The van der Waals surface area contributed by atoms with Gasteiger partial charge in [0.05, 0.1) is 23.0 Å².